The number of aliphatic imine (C=N–C) groups is 1. The number of fused-ring (bicyclic) bond motifs is 1. The summed E-state index contributed by atoms with van der Waals surface area (Å²) in [5.74, 6) is -0.994. The van der Waals surface area contributed by atoms with E-state index in [0.717, 1.165) is 12.1 Å². The summed E-state index contributed by atoms with van der Waals surface area (Å²) < 4.78 is 52.6. The normalized spacial score (nSPS) is 27.2. The molecule has 2 heterocycles. The Labute approximate surface area is 146 Å². The molecule has 1 aromatic rings. The summed E-state index contributed by atoms with van der Waals surface area (Å²) in [5.41, 5.74) is -0.485. The van der Waals surface area contributed by atoms with Gasteiger partial charge in [-0.25, -0.2) is 9.18 Å². The van der Waals surface area contributed by atoms with Crippen LogP contribution in [0.1, 0.15) is 17.2 Å². The first kappa shape index (κ1) is 16.6. The maximum Gasteiger partial charge on any atom is 0.416 e. The van der Waals surface area contributed by atoms with E-state index in [4.69, 9.17) is 0 Å². The Morgan fingerprint density at radius 2 is 2.08 bits per heavy atom. The second-order valence-corrected chi connectivity index (χ2v) is 6.22. The molecule has 9 heteroatoms. The van der Waals surface area contributed by atoms with Crippen molar-refractivity contribution in [1.29, 1.82) is 0 Å². The Hall–Kier alpha value is -2.84. The third-order valence-electron chi connectivity index (χ3n) is 4.64. The third kappa shape index (κ3) is 2.73. The van der Waals surface area contributed by atoms with Crippen LogP contribution in [-0.2, 0) is 6.18 Å². The largest absolute Gasteiger partial charge is 0.416 e. The number of amides is 2. The van der Waals surface area contributed by atoms with E-state index >= 15 is 0 Å². The molecule has 3 atom stereocenters. The van der Waals surface area contributed by atoms with Crippen molar-refractivity contribution in [1.82, 2.24) is 15.5 Å². The molecule has 5 nitrogen and oxygen atoms in total. The van der Waals surface area contributed by atoms with Gasteiger partial charge in [-0.05, 0) is 24.3 Å². The van der Waals surface area contributed by atoms with E-state index in [1.165, 1.54) is 4.90 Å². The Balaban J connectivity index is 1.66. The predicted octanol–water partition coefficient (Wildman–Crippen LogP) is 2.73. The molecule has 0 radical (unpaired) electrons. The zero-order chi connectivity index (χ0) is 18.5. The summed E-state index contributed by atoms with van der Waals surface area (Å²) in [7, 11) is 0. The minimum absolute atomic E-state index is 0.0309. The Kier molecular flexibility index (Phi) is 3.74. The predicted molar refractivity (Wildman–Crippen MR) is 85.8 cm³/mol. The molecule has 136 valence electrons. The number of hydrogen-bond donors (Lipinski definition) is 2. The van der Waals surface area contributed by atoms with Crippen LogP contribution in [0.5, 0.6) is 0 Å². The van der Waals surface area contributed by atoms with Gasteiger partial charge >= 0.3 is 12.2 Å². The first-order valence-electron chi connectivity index (χ1n) is 7.96. The average Bonchev–Trinajstić information content (AvgIpc) is 3.19. The van der Waals surface area contributed by atoms with Gasteiger partial charge in [-0.3, -0.25) is 9.89 Å². The molecule has 2 aliphatic heterocycles. The van der Waals surface area contributed by atoms with Crippen LogP contribution < -0.4 is 10.6 Å². The number of urea groups is 1. The molecular weight excluding hydrogens is 352 g/mol. The van der Waals surface area contributed by atoms with Gasteiger partial charge in [0.05, 0.1) is 30.0 Å². The molecule has 2 N–H and O–H groups in total. The van der Waals surface area contributed by atoms with Crippen molar-refractivity contribution < 1.29 is 22.4 Å². The van der Waals surface area contributed by atoms with E-state index in [1.807, 2.05) is 6.08 Å². The molecule has 1 fully saturated rings. The lowest BCUT2D eigenvalue weighted by Gasteiger charge is -2.28. The van der Waals surface area contributed by atoms with Crippen LogP contribution in [-0.4, -0.2) is 35.9 Å². The van der Waals surface area contributed by atoms with Crippen LogP contribution in [0.25, 0.3) is 0 Å². The van der Waals surface area contributed by atoms with E-state index in [-0.39, 0.29) is 24.2 Å². The molecule has 26 heavy (non-hydrogen) atoms. The van der Waals surface area contributed by atoms with Gasteiger partial charge in [-0.2, -0.15) is 13.2 Å². The van der Waals surface area contributed by atoms with Crippen LogP contribution >= 0.6 is 0 Å². The molecule has 1 aliphatic carbocycles. The standard InChI is InChI=1S/C17H14F4N4O/c18-12-5-9(17(19,20)21)1-3-11(12)15-7-22-16(26)25(15)10-2-4-13-14(6-10)24-8-23-13/h1-6,8,13-15H,7H2,(H,22,26)(H,23,24). The highest BCUT2D eigenvalue weighted by Crippen LogP contribution is 2.35. The first-order valence-corrected chi connectivity index (χ1v) is 7.96. The van der Waals surface area contributed by atoms with E-state index in [0.29, 0.717) is 11.8 Å². The number of nitrogens with zero attached hydrogens (tertiary/aromatic N) is 2. The van der Waals surface area contributed by atoms with Crippen LogP contribution in [0.3, 0.4) is 0 Å². The Bertz CT molecular complexity index is 846. The zero-order valence-corrected chi connectivity index (χ0v) is 13.3. The summed E-state index contributed by atoms with van der Waals surface area (Å²) in [5, 5.41) is 5.66. The van der Waals surface area contributed by atoms with Gasteiger partial charge in [-0.1, -0.05) is 12.1 Å². The smallest absolute Gasteiger partial charge is 0.368 e. The Morgan fingerprint density at radius 3 is 2.81 bits per heavy atom. The third-order valence-corrected chi connectivity index (χ3v) is 4.64. The fourth-order valence-electron chi connectivity index (χ4n) is 3.34. The van der Waals surface area contributed by atoms with E-state index in [2.05, 4.69) is 15.6 Å². The fourth-order valence-corrected chi connectivity index (χ4v) is 3.34. The second kappa shape index (κ2) is 5.86. The van der Waals surface area contributed by atoms with Crippen molar-refractivity contribution in [2.24, 2.45) is 4.99 Å². The quantitative estimate of drug-likeness (QED) is 0.791. The number of nitrogens with one attached hydrogen (secondary N) is 2. The molecule has 1 aromatic carbocycles. The molecule has 0 bridgehead atoms. The number of rotatable bonds is 2. The van der Waals surface area contributed by atoms with Crippen molar-refractivity contribution in [3.63, 3.8) is 0 Å². The zero-order valence-electron chi connectivity index (χ0n) is 13.3. The molecule has 0 aromatic heterocycles. The molecular formula is C17H14F4N4O. The SMILES string of the molecule is O=C1NCC(c2ccc(C(F)(F)F)cc2F)N1C1=CC2NC=NC2C=C1. The molecule has 3 aliphatic rings. The van der Waals surface area contributed by atoms with Crippen molar-refractivity contribution in [3.8, 4) is 0 Å². The van der Waals surface area contributed by atoms with Gasteiger partial charge in [0.2, 0.25) is 0 Å². The Morgan fingerprint density at radius 1 is 1.27 bits per heavy atom. The van der Waals surface area contributed by atoms with Crippen LogP contribution in [0, 0.1) is 5.82 Å². The van der Waals surface area contributed by atoms with Crippen molar-refractivity contribution in [3.05, 3.63) is 59.1 Å². The van der Waals surface area contributed by atoms with Gasteiger partial charge in [0.1, 0.15) is 5.82 Å². The number of hydrogen-bond acceptors (Lipinski definition) is 3. The number of alkyl halides is 3. The van der Waals surface area contributed by atoms with Crippen LogP contribution in [0.15, 0.2) is 47.1 Å². The van der Waals surface area contributed by atoms with Crippen molar-refractivity contribution in [2.75, 3.05) is 6.54 Å². The lowest BCUT2D eigenvalue weighted by molar-refractivity contribution is -0.137. The minimum atomic E-state index is -4.62. The average molecular weight is 366 g/mol. The highest BCUT2D eigenvalue weighted by Gasteiger charge is 2.38. The van der Waals surface area contributed by atoms with Gasteiger partial charge in [0.25, 0.3) is 0 Å². The molecule has 3 unspecified atom stereocenters. The molecule has 4 rings (SSSR count). The monoisotopic (exact) mass is 366 g/mol. The number of halogens is 4. The van der Waals surface area contributed by atoms with Gasteiger partial charge in [0.15, 0.2) is 0 Å². The maximum atomic E-state index is 14.4. The highest BCUT2D eigenvalue weighted by atomic mass is 19.4. The number of benzene rings is 1. The summed E-state index contributed by atoms with van der Waals surface area (Å²) in [4.78, 5) is 17.8. The van der Waals surface area contributed by atoms with E-state index in [1.54, 1.807) is 18.5 Å². The van der Waals surface area contributed by atoms with Gasteiger partial charge in [0, 0.05) is 17.8 Å². The van der Waals surface area contributed by atoms with E-state index in [9.17, 15) is 22.4 Å². The van der Waals surface area contributed by atoms with Crippen molar-refractivity contribution >= 4 is 12.4 Å². The summed E-state index contributed by atoms with van der Waals surface area (Å²) in [6, 6.07) is 1.04. The van der Waals surface area contributed by atoms with Crippen molar-refractivity contribution in [2.45, 2.75) is 24.3 Å². The summed E-state index contributed by atoms with van der Waals surface area (Å²) in [6.45, 7) is 0.102. The first-order chi connectivity index (χ1) is 12.3. The molecule has 0 saturated carbocycles. The molecule has 0 spiro atoms. The second-order valence-electron chi connectivity index (χ2n) is 6.22. The van der Waals surface area contributed by atoms with Crippen LogP contribution in [0.2, 0.25) is 0 Å². The molecule has 2 amide bonds. The lowest BCUT2D eigenvalue weighted by Crippen LogP contribution is -2.35. The van der Waals surface area contributed by atoms with Gasteiger partial charge < -0.3 is 10.6 Å². The van der Waals surface area contributed by atoms with Crippen LogP contribution in [0.4, 0.5) is 22.4 Å². The fraction of sp³-hybridized carbons (Fsp3) is 0.294. The highest BCUT2D eigenvalue weighted by molar-refractivity contribution is 5.80. The topological polar surface area (TPSA) is 56.7 Å². The van der Waals surface area contributed by atoms with E-state index < -0.39 is 29.6 Å². The lowest BCUT2D eigenvalue weighted by atomic mass is 9.99. The number of carbonyl (C=O) groups is 1. The number of allylic oxidation sites excluding steroid dienone is 1. The maximum absolute atomic E-state index is 14.4. The summed E-state index contributed by atoms with van der Waals surface area (Å²) >= 11 is 0. The number of carbonyl (C=O) groups excluding carboxylic acids is 1. The molecule has 1 saturated heterocycles. The van der Waals surface area contributed by atoms with Gasteiger partial charge in [-0.15, -0.1) is 0 Å². The summed E-state index contributed by atoms with van der Waals surface area (Å²) in [6.07, 6.45) is 2.29. The minimum Gasteiger partial charge on any atom is -0.368 e.